The highest BCUT2D eigenvalue weighted by Crippen LogP contribution is 2.20. The fourth-order valence-electron chi connectivity index (χ4n) is 2.23. The molecule has 3 aromatic rings. The minimum absolute atomic E-state index is 0.0532. The highest BCUT2D eigenvalue weighted by Gasteiger charge is 2.23. The van der Waals surface area contributed by atoms with Crippen LogP contribution in [0.4, 0.5) is 4.39 Å². The number of aromatic amines is 1. The largest absolute Gasteiger partial charge is 0.360 e. The van der Waals surface area contributed by atoms with Gasteiger partial charge in [0.25, 0.3) is 0 Å². The molecule has 0 amide bonds. The minimum Gasteiger partial charge on any atom is -0.360 e. The van der Waals surface area contributed by atoms with Crippen LogP contribution in [0, 0.1) is 17.1 Å². The van der Waals surface area contributed by atoms with Gasteiger partial charge in [-0.1, -0.05) is 6.07 Å². The molecule has 1 heterocycles. The number of hydrogen-bond donors (Lipinski definition) is 1. The first-order valence-corrected chi connectivity index (χ1v) is 7.98. The van der Waals surface area contributed by atoms with Crippen LogP contribution in [0.3, 0.4) is 0 Å². The van der Waals surface area contributed by atoms with Crippen molar-refractivity contribution in [2.24, 2.45) is 0 Å². The van der Waals surface area contributed by atoms with Crippen molar-refractivity contribution in [1.82, 2.24) is 4.98 Å². The molecule has 0 aliphatic rings. The van der Waals surface area contributed by atoms with Crippen LogP contribution >= 0.6 is 0 Å². The third kappa shape index (κ3) is 2.49. The van der Waals surface area contributed by atoms with Crippen molar-refractivity contribution in [3.05, 3.63) is 70.3 Å². The van der Waals surface area contributed by atoms with Gasteiger partial charge in [-0.05, 0) is 36.4 Å². The van der Waals surface area contributed by atoms with Crippen LogP contribution in [0.1, 0.15) is 5.56 Å². The predicted octanol–water partition coefficient (Wildman–Crippen LogP) is 2.37. The molecular formula is C16H9FN2O3S. The molecule has 0 fully saturated rings. The zero-order valence-corrected chi connectivity index (χ0v) is 12.4. The molecule has 0 aliphatic heterocycles. The van der Waals surface area contributed by atoms with Crippen LogP contribution < -0.4 is 5.43 Å². The van der Waals surface area contributed by atoms with Gasteiger partial charge in [-0.15, -0.1) is 0 Å². The standard InChI is InChI=1S/C16H9FN2O3S/c17-11-4-5-14-13(7-11)16(20)15(9-19-14)23(21,22)12-3-1-2-10(6-12)8-18/h1-7,9H,(H,19,20). The molecule has 0 spiro atoms. The average Bonchev–Trinajstić information content (AvgIpc) is 2.55. The number of nitriles is 1. The fourth-order valence-corrected chi connectivity index (χ4v) is 3.59. The van der Waals surface area contributed by atoms with E-state index < -0.39 is 26.0 Å². The highest BCUT2D eigenvalue weighted by molar-refractivity contribution is 7.91. The number of nitrogens with one attached hydrogen (secondary N) is 1. The number of nitrogens with zero attached hydrogens (tertiary/aromatic N) is 1. The second-order valence-corrected chi connectivity index (χ2v) is 6.73. The van der Waals surface area contributed by atoms with Gasteiger partial charge in [0.15, 0.2) is 0 Å². The topological polar surface area (TPSA) is 90.8 Å². The third-order valence-corrected chi connectivity index (χ3v) is 5.13. The SMILES string of the molecule is N#Cc1cccc(S(=O)(=O)c2c[nH]c3ccc(F)cc3c2=O)c1. The Morgan fingerprint density at radius 1 is 1.13 bits per heavy atom. The van der Waals surface area contributed by atoms with Crippen molar-refractivity contribution >= 4 is 20.7 Å². The van der Waals surface area contributed by atoms with E-state index in [0.29, 0.717) is 5.52 Å². The molecule has 23 heavy (non-hydrogen) atoms. The lowest BCUT2D eigenvalue weighted by Gasteiger charge is -2.06. The highest BCUT2D eigenvalue weighted by atomic mass is 32.2. The molecule has 0 radical (unpaired) electrons. The number of rotatable bonds is 2. The molecule has 0 saturated heterocycles. The third-order valence-electron chi connectivity index (χ3n) is 3.37. The summed E-state index contributed by atoms with van der Waals surface area (Å²) in [6.45, 7) is 0. The van der Waals surface area contributed by atoms with E-state index in [2.05, 4.69) is 4.98 Å². The summed E-state index contributed by atoms with van der Waals surface area (Å²) in [6.07, 6.45) is 1.08. The number of benzene rings is 2. The lowest BCUT2D eigenvalue weighted by atomic mass is 10.2. The average molecular weight is 328 g/mol. The zero-order chi connectivity index (χ0) is 16.6. The number of fused-ring (bicyclic) bond motifs is 1. The Morgan fingerprint density at radius 3 is 2.65 bits per heavy atom. The molecule has 1 N–H and O–H groups in total. The number of hydrogen-bond acceptors (Lipinski definition) is 4. The van der Waals surface area contributed by atoms with E-state index in [-0.39, 0.29) is 15.8 Å². The lowest BCUT2D eigenvalue weighted by Crippen LogP contribution is -2.16. The Kier molecular flexibility index (Phi) is 3.47. The molecule has 5 nitrogen and oxygen atoms in total. The van der Waals surface area contributed by atoms with Crippen LogP contribution in [-0.4, -0.2) is 13.4 Å². The van der Waals surface area contributed by atoms with Crippen LogP contribution in [0.5, 0.6) is 0 Å². The van der Waals surface area contributed by atoms with Crippen molar-refractivity contribution in [1.29, 1.82) is 5.26 Å². The summed E-state index contributed by atoms with van der Waals surface area (Å²) in [5, 5.41) is 8.82. The van der Waals surface area contributed by atoms with Crippen molar-refractivity contribution in [3.8, 4) is 6.07 Å². The zero-order valence-electron chi connectivity index (χ0n) is 11.6. The maximum Gasteiger partial charge on any atom is 0.211 e. The van der Waals surface area contributed by atoms with Crippen molar-refractivity contribution in [3.63, 3.8) is 0 Å². The van der Waals surface area contributed by atoms with E-state index in [1.54, 1.807) is 0 Å². The first-order valence-electron chi connectivity index (χ1n) is 6.50. The van der Waals surface area contributed by atoms with Gasteiger partial charge >= 0.3 is 0 Å². The number of aromatic nitrogens is 1. The first-order chi connectivity index (χ1) is 10.9. The Morgan fingerprint density at radius 2 is 1.91 bits per heavy atom. The Labute approximate surface area is 130 Å². The molecule has 114 valence electrons. The molecule has 1 aromatic heterocycles. The van der Waals surface area contributed by atoms with Gasteiger partial charge in [0.1, 0.15) is 10.7 Å². The van der Waals surface area contributed by atoms with Crippen LogP contribution in [0.25, 0.3) is 10.9 Å². The Hall–Kier alpha value is -2.98. The summed E-state index contributed by atoms with van der Waals surface area (Å²) in [4.78, 5) is 14.4. The quantitative estimate of drug-likeness (QED) is 0.782. The Balaban J connectivity index is 2.29. The lowest BCUT2D eigenvalue weighted by molar-refractivity contribution is 0.595. The van der Waals surface area contributed by atoms with Crippen LogP contribution in [-0.2, 0) is 9.84 Å². The van der Waals surface area contributed by atoms with Gasteiger partial charge in [-0.2, -0.15) is 5.26 Å². The van der Waals surface area contributed by atoms with E-state index in [1.165, 1.54) is 36.4 Å². The maximum absolute atomic E-state index is 13.3. The second kappa shape index (κ2) is 5.34. The molecule has 0 atom stereocenters. The van der Waals surface area contributed by atoms with Crippen molar-refractivity contribution in [2.45, 2.75) is 9.79 Å². The fraction of sp³-hybridized carbons (Fsp3) is 0. The van der Waals surface area contributed by atoms with Crippen LogP contribution in [0.2, 0.25) is 0 Å². The molecule has 0 saturated carbocycles. The molecule has 2 aromatic carbocycles. The summed E-state index contributed by atoms with van der Waals surface area (Å²) in [7, 11) is -4.12. The number of halogens is 1. The predicted molar refractivity (Wildman–Crippen MR) is 81.1 cm³/mol. The number of sulfone groups is 1. The van der Waals surface area contributed by atoms with E-state index in [9.17, 15) is 17.6 Å². The number of pyridine rings is 1. The molecule has 0 aliphatic carbocycles. The van der Waals surface area contributed by atoms with Gasteiger partial charge in [-0.3, -0.25) is 4.79 Å². The summed E-state index contributed by atoms with van der Waals surface area (Å²) < 4.78 is 38.6. The maximum atomic E-state index is 13.3. The first kappa shape index (κ1) is 14.9. The molecule has 0 bridgehead atoms. The second-order valence-electron chi connectivity index (χ2n) is 4.82. The summed E-state index contributed by atoms with van der Waals surface area (Å²) in [6, 6.07) is 10.7. The summed E-state index contributed by atoms with van der Waals surface area (Å²) >= 11 is 0. The monoisotopic (exact) mass is 328 g/mol. The Bertz CT molecular complexity index is 1130. The summed E-state index contributed by atoms with van der Waals surface area (Å²) in [5.41, 5.74) is -0.295. The van der Waals surface area contributed by atoms with Crippen LogP contribution in [0.15, 0.2) is 63.2 Å². The molecule has 0 unspecified atom stereocenters. The smallest absolute Gasteiger partial charge is 0.211 e. The van der Waals surface area contributed by atoms with E-state index in [1.807, 2.05) is 6.07 Å². The van der Waals surface area contributed by atoms with Gasteiger partial charge in [-0.25, -0.2) is 12.8 Å². The molecule has 3 rings (SSSR count). The summed E-state index contributed by atoms with van der Waals surface area (Å²) in [5.74, 6) is -0.635. The van der Waals surface area contributed by atoms with E-state index in [4.69, 9.17) is 5.26 Å². The van der Waals surface area contributed by atoms with Gasteiger partial charge in [0, 0.05) is 17.1 Å². The van der Waals surface area contributed by atoms with E-state index in [0.717, 1.165) is 12.3 Å². The van der Waals surface area contributed by atoms with Crippen molar-refractivity contribution < 1.29 is 12.8 Å². The van der Waals surface area contributed by atoms with Gasteiger partial charge in [0.05, 0.1) is 16.5 Å². The van der Waals surface area contributed by atoms with Crippen molar-refractivity contribution in [2.75, 3.05) is 0 Å². The molecule has 7 heteroatoms. The molecular weight excluding hydrogens is 319 g/mol. The van der Waals surface area contributed by atoms with E-state index >= 15 is 0 Å². The normalized spacial score (nSPS) is 11.3. The number of H-pyrrole nitrogens is 1. The van der Waals surface area contributed by atoms with Gasteiger partial charge in [0.2, 0.25) is 15.3 Å². The minimum atomic E-state index is -4.12. The van der Waals surface area contributed by atoms with Gasteiger partial charge < -0.3 is 4.98 Å².